The lowest BCUT2D eigenvalue weighted by Crippen LogP contribution is -2.34. The van der Waals surface area contributed by atoms with Gasteiger partial charge in [-0.1, -0.05) is 25.6 Å². The Kier molecular flexibility index (Phi) is 9.55. The van der Waals surface area contributed by atoms with Crippen LogP contribution in [0.3, 0.4) is 0 Å². The lowest BCUT2D eigenvalue weighted by atomic mass is 10.1. The van der Waals surface area contributed by atoms with E-state index in [0.29, 0.717) is 10.6 Å². The number of nitrogens with one attached hydrogen (secondary N) is 1. The van der Waals surface area contributed by atoms with E-state index in [1.54, 1.807) is 0 Å². The fraction of sp³-hybridized carbons (Fsp3) is 0.385. The number of carboxylic acid groups (broad SMARTS) is 1. The number of hydrogen-bond donors (Lipinski definition) is 2. The number of piperidine rings is 1. The number of carboxylic acids is 1. The predicted molar refractivity (Wildman–Crippen MR) is 142 cm³/mol. The smallest absolute Gasteiger partial charge is 0.475 e. The molecule has 4 aromatic rings. The number of likely N-dealkylation sites (tertiary alicyclic amines) is 1. The summed E-state index contributed by atoms with van der Waals surface area (Å²) in [5.41, 5.74) is 4.07. The van der Waals surface area contributed by atoms with Gasteiger partial charge in [-0.2, -0.15) is 24.9 Å². The molecule has 1 aliphatic heterocycles. The van der Waals surface area contributed by atoms with Gasteiger partial charge in [-0.05, 0) is 56.6 Å². The van der Waals surface area contributed by atoms with Gasteiger partial charge in [0.25, 0.3) is 5.56 Å². The van der Waals surface area contributed by atoms with Crippen LogP contribution in [0.1, 0.15) is 37.4 Å². The van der Waals surface area contributed by atoms with Crippen molar-refractivity contribution in [2.75, 3.05) is 13.1 Å². The maximum Gasteiger partial charge on any atom is 0.490 e. The zero-order valence-electron chi connectivity index (χ0n) is 20.0. The van der Waals surface area contributed by atoms with Crippen LogP contribution in [-0.4, -0.2) is 59.8 Å². The minimum Gasteiger partial charge on any atom is -0.475 e. The first-order valence-electron chi connectivity index (χ1n) is 11.7. The van der Waals surface area contributed by atoms with Crippen molar-refractivity contribution in [3.05, 3.63) is 76.2 Å². The average Bonchev–Trinajstić information content (AvgIpc) is 3.27. The number of hydrogen-bond acceptors (Lipinski definition) is 6. The van der Waals surface area contributed by atoms with Crippen molar-refractivity contribution in [2.45, 2.75) is 50.9 Å². The van der Waals surface area contributed by atoms with Crippen molar-refractivity contribution in [2.24, 2.45) is 0 Å². The molecule has 1 aliphatic rings. The van der Waals surface area contributed by atoms with Gasteiger partial charge in [0.2, 0.25) is 0 Å². The molecule has 3 aromatic heterocycles. The van der Waals surface area contributed by atoms with E-state index in [2.05, 4.69) is 25.5 Å². The Labute approximate surface area is 221 Å². The molecular weight excluding hydrogens is 519 g/mol. The second kappa shape index (κ2) is 12.4. The number of aryl methyl sites for hydroxylation is 1. The van der Waals surface area contributed by atoms with Crippen molar-refractivity contribution in [3.63, 3.8) is 0 Å². The van der Waals surface area contributed by atoms with Crippen LogP contribution in [0.15, 0.2) is 53.6 Å². The number of aromatic nitrogens is 4. The molecule has 38 heavy (non-hydrogen) atoms. The summed E-state index contributed by atoms with van der Waals surface area (Å²) in [5, 5.41) is 8.39. The number of halogens is 3. The lowest BCUT2D eigenvalue weighted by molar-refractivity contribution is -0.192. The number of imidazole rings is 1. The van der Waals surface area contributed by atoms with Crippen molar-refractivity contribution in [1.29, 1.82) is 0 Å². The number of carbonyl (C=O) groups is 1. The van der Waals surface area contributed by atoms with E-state index in [9.17, 15) is 18.0 Å². The standard InChI is InChI=1S/C23H25N5OS.C2HF3O2.CH4/c1-16-5-4-6-19-22(16)25-20(26-23(19)29)15-30-18-8-11-27(12-9-18)14-17-13-24-21-7-2-3-10-28(17)21;3-2(4,5)1(6)7;/h2-7,10,13,18H,8-9,11-12,14-15H2,1H3,(H,25,26,29);(H,6,7);1H4. The summed E-state index contributed by atoms with van der Waals surface area (Å²) in [6.07, 6.45) is 1.29. The van der Waals surface area contributed by atoms with Gasteiger partial charge in [-0.3, -0.25) is 9.69 Å². The fourth-order valence-electron chi connectivity index (χ4n) is 4.18. The quantitative estimate of drug-likeness (QED) is 0.359. The third-order valence-corrected chi connectivity index (χ3v) is 7.48. The molecule has 0 unspecified atom stereocenters. The maximum absolute atomic E-state index is 12.4. The third-order valence-electron chi connectivity index (χ3n) is 6.10. The van der Waals surface area contributed by atoms with E-state index in [-0.39, 0.29) is 13.0 Å². The first kappa shape index (κ1) is 29.2. The monoisotopic (exact) mass is 549 g/mol. The topological polar surface area (TPSA) is 104 Å². The molecule has 0 atom stereocenters. The second-order valence-electron chi connectivity index (χ2n) is 8.75. The molecule has 12 heteroatoms. The number of aromatic amines is 1. The van der Waals surface area contributed by atoms with Crippen molar-refractivity contribution < 1.29 is 23.1 Å². The largest absolute Gasteiger partial charge is 0.490 e. The highest BCUT2D eigenvalue weighted by atomic mass is 32.2. The molecule has 0 radical (unpaired) electrons. The summed E-state index contributed by atoms with van der Waals surface area (Å²) in [7, 11) is 0. The molecule has 0 aliphatic carbocycles. The summed E-state index contributed by atoms with van der Waals surface area (Å²) in [6, 6.07) is 11.9. The number of pyridine rings is 1. The number of rotatable bonds is 5. The van der Waals surface area contributed by atoms with Gasteiger partial charge in [0.15, 0.2) is 0 Å². The Morgan fingerprint density at radius 2 is 1.89 bits per heavy atom. The Hall–Kier alpha value is -3.38. The Morgan fingerprint density at radius 1 is 1.18 bits per heavy atom. The Bertz CT molecular complexity index is 1450. The normalized spacial score (nSPS) is 14.6. The van der Waals surface area contributed by atoms with Crippen LogP contribution in [-0.2, 0) is 17.1 Å². The van der Waals surface area contributed by atoms with E-state index in [4.69, 9.17) is 14.9 Å². The number of benzene rings is 1. The molecule has 1 fully saturated rings. The average molecular weight is 550 g/mol. The summed E-state index contributed by atoms with van der Waals surface area (Å²) < 4.78 is 33.9. The first-order chi connectivity index (χ1) is 17.6. The summed E-state index contributed by atoms with van der Waals surface area (Å²) >= 11 is 1.91. The maximum atomic E-state index is 12.4. The van der Waals surface area contributed by atoms with Crippen molar-refractivity contribution in [3.8, 4) is 0 Å². The van der Waals surface area contributed by atoms with Gasteiger partial charge >= 0.3 is 12.1 Å². The molecule has 8 nitrogen and oxygen atoms in total. The zero-order valence-corrected chi connectivity index (χ0v) is 20.8. The highest BCUT2D eigenvalue weighted by Crippen LogP contribution is 2.27. The van der Waals surface area contributed by atoms with E-state index in [0.717, 1.165) is 60.8 Å². The van der Waals surface area contributed by atoms with Crippen LogP contribution in [0.4, 0.5) is 13.2 Å². The first-order valence-corrected chi connectivity index (χ1v) is 12.7. The number of H-pyrrole nitrogens is 1. The number of nitrogens with zero attached hydrogens (tertiary/aromatic N) is 4. The van der Waals surface area contributed by atoms with E-state index < -0.39 is 12.1 Å². The highest BCUT2D eigenvalue weighted by molar-refractivity contribution is 7.99. The molecule has 0 bridgehead atoms. The van der Waals surface area contributed by atoms with Crippen LogP contribution in [0, 0.1) is 6.92 Å². The van der Waals surface area contributed by atoms with Gasteiger partial charge in [-0.25, -0.2) is 14.8 Å². The third kappa shape index (κ3) is 7.13. The number of aliphatic carboxylic acids is 1. The highest BCUT2D eigenvalue weighted by Gasteiger charge is 2.38. The molecule has 2 N–H and O–H groups in total. The van der Waals surface area contributed by atoms with Crippen LogP contribution >= 0.6 is 11.8 Å². The number of fused-ring (bicyclic) bond motifs is 2. The molecule has 1 saturated heterocycles. The number of alkyl halides is 3. The van der Waals surface area contributed by atoms with Crippen LogP contribution in [0.25, 0.3) is 16.6 Å². The van der Waals surface area contributed by atoms with Gasteiger partial charge in [0.1, 0.15) is 11.5 Å². The minimum atomic E-state index is -5.08. The molecule has 5 rings (SSSR count). The van der Waals surface area contributed by atoms with E-state index >= 15 is 0 Å². The SMILES string of the molecule is C.Cc1cccc2c(=O)[nH]c(CSC3CCN(Cc4cnc5ccccn45)CC3)nc12.O=C(O)C(F)(F)F. The molecule has 4 heterocycles. The summed E-state index contributed by atoms with van der Waals surface area (Å²) in [6.45, 7) is 5.10. The van der Waals surface area contributed by atoms with Gasteiger partial charge in [0.05, 0.1) is 28.5 Å². The lowest BCUT2D eigenvalue weighted by Gasteiger charge is -2.31. The minimum absolute atomic E-state index is 0. The van der Waals surface area contributed by atoms with Gasteiger partial charge in [0, 0.05) is 18.0 Å². The summed E-state index contributed by atoms with van der Waals surface area (Å²) in [5.74, 6) is -1.23. The molecule has 0 amide bonds. The van der Waals surface area contributed by atoms with Crippen molar-refractivity contribution in [1.82, 2.24) is 24.3 Å². The molecular formula is C26H30F3N5O3S. The summed E-state index contributed by atoms with van der Waals surface area (Å²) in [4.78, 5) is 36.0. The number of thioether (sulfide) groups is 1. The molecule has 1 aromatic carbocycles. The fourth-order valence-corrected chi connectivity index (χ4v) is 5.26. The predicted octanol–water partition coefficient (Wildman–Crippen LogP) is 5.05. The molecule has 0 saturated carbocycles. The molecule has 0 spiro atoms. The Morgan fingerprint density at radius 3 is 2.58 bits per heavy atom. The van der Waals surface area contributed by atoms with Crippen molar-refractivity contribution >= 4 is 34.3 Å². The van der Waals surface area contributed by atoms with E-state index in [1.807, 2.05) is 61.3 Å². The van der Waals surface area contributed by atoms with Gasteiger partial charge in [-0.15, -0.1) is 0 Å². The van der Waals surface area contributed by atoms with Gasteiger partial charge < -0.3 is 14.5 Å². The number of para-hydroxylation sites is 1. The zero-order chi connectivity index (χ0) is 26.6. The second-order valence-corrected chi connectivity index (χ2v) is 10.0. The van der Waals surface area contributed by atoms with Crippen LogP contribution in [0.5, 0.6) is 0 Å². The Balaban J connectivity index is 0.000000444. The van der Waals surface area contributed by atoms with E-state index in [1.165, 1.54) is 5.69 Å². The van der Waals surface area contributed by atoms with Crippen LogP contribution < -0.4 is 5.56 Å². The van der Waals surface area contributed by atoms with Crippen LogP contribution in [0.2, 0.25) is 0 Å². The molecule has 204 valence electrons.